The van der Waals surface area contributed by atoms with Crippen molar-refractivity contribution in [3.05, 3.63) is 93.1 Å². The summed E-state index contributed by atoms with van der Waals surface area (Å²) in [5.74, 6) is 1.04. The van der Waals surface area contributed by atoms with Crippen molar-refractivity contribution in [1.29, 1.82) is 0 Å². The molecular weight excluding hydrogens is 450 g/mol. The van der Waals surface area contributed by atoms with Crippen molar-refractivity contribution in [3.8, 4) is 22.8 Å². The number of hydrogen-bond acceptors (Lipinski definition) is 6. The Balaban J connectivity index is 1.68. The third-order valence-electron chi connectivity index (χ3n) is 5.21. The Bertz CT molecular complexity index is 1410. The van der Waals surface area contributed by atoms with Crippen molar-refractivity contribution in [1.82, 2.24) is 24.5 Å². The summed E-state index contributed by atoms with van der Waals surface area (Å²) < 4.78 is 7.37. The maximum Gasteiger partial charge on any atom is 0.277 e. The Labute approximate surface area is 203 Å². The fourth-order valence-electron chi connectivity index (χ4n) is 3.50. The lowest BCUT2D eigenvalue weighted by Gasteiger charge is -2.17. The van der Waals surface area contributed by atoms with Crippen molar-refractivity contribution >= 4 is 11.6 Å². The Morgan fingerprint density at radius 3 is 2.47 bits per heavy atom. The molecule has 0 unspecified atom stereocenters. The van der Waals surface area contributed by atoms with Gasteiger partial charge in [0.05, 0.1) is 22.8 Å². The molecule has 0 aliphatic heterocycles. The van der Waals surface area contributed by atoms with Gasteiger partial charge in [-0.05, 0) is 44.2 Å². The van der Waals surface area contributed by atoms with Crippen molar-refractivity contribution in [2.45, 2.75) is 46.6 Å². The summed E-state index contributed by atoms with van der Waals surface area (Å²) in [7, 11) is 0. The molecule has 0 saturated heterocycles. The van der Waals surface area contributed by atoms with Gasteiger partial charge in [-0.25, -0.2) is 9.97 Å². The highest BCUT2D eigenvalue weighted by atomic mass is 35.5. The van der Waals surface area contributed by atoms with Crippen LogP contribution in [0.1, 0.15) is 43.7 Å². The van der Waals surface area contributed by atoms with Crippen molar-refractivity contribution in [3.63, 3.8) is 0 Å². The molecule has 0 N–H and O–H groups in total. The molecule has 34 heavy (non-hydrogen) atoms. The maximum atomic E-state index is 13.2. The zero-order valence-corrected chi connectivity index (χ0v) is 20.6. The number of aromatic nitrogens is 5. The fourth-order valence-corrected chi connectivity index (χ4v) is 3.69. The minimum Gasteiger partial charge on any atom is -0.485 e. The minimum atomic E-state index is -0.371. The van der Waals surface area contributed by atoms with Crippen molar-refractivity contribution in [2.24, 2.45) is 0 Å². The number of aryl methyl sites for hydroxylation is 2. The van der Waals surface area contributed by atoms with Gasteiger partial charge in [-0.1, -0.05) is 38.4 Å². The molecule has 4 rings (SSSR count). The molecule has 0 amide bonds. The third kappa shape index (κ3) is 4.99. The van der Waals surface area contributed by atoms with Crippen LogP contribution in [0.15, 0.2) is 59.7 Å². The Morgan fingerprint density at radius 1 is 0.971 bits per heavy atom. The summed E-state index contributed by atoms with van der Waals surface area (Å²) in [6, 6.07) is 12.8. The molecule has 4 aromatic heterocycles. The minimum absolute atomic E-state index is 0.00803. The Hall–Kier alpha value is -3.58. The molecule has 0 atom stereocenters. The van der Waals surface area contributed by atoms with E-state index in [1.807, 2.05) is 38.1 Å². The highest BCUT2D eigenvalue weighted by molar-refractivity contribution is 6.31. The van der Waals surface area contributed by atoms with E-state index in [0.717, 1.165) is 17.2 Å². The molecule has 0 aromatic carbocycles. The van der Waals surface area contributed by atoms with Gasteiger partial charge in [-0.3, -0.25) is 19.3 Å². The van der Waals surface area contributed by atoms with Gasteiger partial charge < -0.3 is 4.74 Å². The second-order valence-electron chi connectivity index (χ2n) is 9.08. The Morgan fingerprint density at radius 2 is 1.74 bits per heavy atom. The van der Waals surface area contributed by atoms with E-state index in [2.05, 4.69) is 40.7 Å². The lowest BCUT2D eigenvalue weighted by Crippen LogP contribution is -2.22. The molecule has 8 heteroatoms. The van der Waals surface area contributed by atoms with Crippen LogP contribution in [0.5, 0.6) is 5.75 Å². The number of rotatable bonds is 5. The summed E-state index contributed by atoms with van der Waals surface area (Å²) in [5.41, 5.74) is 3.72. The largest absolute Gasteiger partial charge is 0.485 e. The van der Waals surface area contributed by atoms with E-state index in [-0.39, 0.29) is 22.6 Å². The van der Waals surface area contributed by atoms with E-state index in [4.69, 9.17) is 16.3 Å². The molecule has 0 spiro atoms. The summed E-state index contributed by atoms with van der Waals surface area (Å²) in [5, 5.41) is 0.00803. The van der Waals surface area contributed by atoms with Crippen LogP contribution in [-0.2, 0) is 12.0 Å². The van der Waals surface area contributed by atoms with Gasteiger partial charge in [0.15, 0.2) is 0 Å². The standard InChI is InChI=1S/C26H26ClN5O2/c1-16-7-6-8-18(30-16)15-34-22-13-17(2)32(24(33)23(22)27)19-9-11-28-21(14-19)20-10-12-29-25(31-20)26(3,4)5/h6-14H,15H2,1-5H3. The molecule has 4 heterocycles. The molecule has 0 aliphatic rings. The first-order chi connectivity index (χ1) is 16.1. The second kappa shape index (κ2) is 9.35. The first-order valence-corrected chi connectivity index (χ1v) is 11.3. The molecule has 0 saturated carbocycles. The fraction of sp³-hybridized carbons (Fsp3) is 0.269. The van der Waals surface area contributed by atoms with Gasteiger partial charge in [0, 0.05) is 35.3 Å². The number of nitrogens with zero attached hydrogens (tertiary/aromatic N) is 5. The van der Waals surface area contributed by atoms with Crippen molar-refractivity contribution in [2.75, 3.05) is 0 Å². The molecular formula is C26H26ClN5O2. The lowest BCUT2D eigenvalue weighted by molar-refractivity contribution is 0.300. The van der Waals surface area contributed by atoms with Crippen LogP contribution in [0.2, 0.25) is 5.02 Å². The van der Waals surface area contributed by atoms with Crippen LogP contribution >= 0.6 is 11.6 Å². The van der Waals surface area contributed by atoms with Gasteiger partial charge >= 0.3 is 0 Å². The van der Waals surface area contributed by atoms with Gasteiger partial charge in [-0.15, -0.1) is 0 Å². The first kappa shape index (κ1) is 23.6. The predicted molar refractivity (Wildman–Crippen MR) is 133 cm³/mol. The second-order valence-corrected chi connectivity index (χ2v) is 9.46. The third-order valence-corrected chi connectivity index (χ3v) is 5.56. The van der Waals surface area contributed by atoms with Crippen molar-refractivity contribution < 1.29 is 4.74 Å². The monoisotopic (exact) mass is 475 g/mol. The summed E-state index contributed by atoms with van der Waals surface area (Å²) >= 11 is 6.43. The van der Waals surface area contributed by atoms with Gasteiger partial charge in [0.2, 0.25) is 0 Å². The molecule has 7 nitrogen and oxygen atoms in total. The SMILES string of the molecule is Cc1cccc(COc2cc(C)n(-c3ccnc(-c4ccnc(C(C)(C)C)n4)c3)c(=O)c2Cl)n1. The Kier molecular flexibility index (Phi) is 6.48. The van der Waals surface area contributed by atoms with Gasteiger partial charge in [0.25, 0.3) is 5.56 Å². The first-order valence-electron chi connectivity index (χ1n) is 10.9. The van der Waals surface area contributed by atoms with E-state index < -0.39 is 0 Å². The zero-order valence-electron chi connectivity index (χ0n) is 19.8. The maximum absolute atomic E-state index is 13.2. The molecule has 174 valence electrons. The number of ether oxygens (including phenoxy) is 1. The lowest BCUT2D eigenvalue weighted by atomic mass is 9.95. The number of hydrogen-bond donors (Lipinski definition) is 0. The molecule has 0 aliphatic carbocycles. The smallest absolute Gasteiger partial charge is 0.277 e. The van der Waals surface area contributed by atoms with E-state index in [0.29, 0.717) is 28.5 Å². The molecule has 0 bridgehead atoms. The molecule has 0 fully saturated rings. The summed E-state index contributed by atoms with van der Waals surface area (Å²) in [6.07, 6.45) is 3.37. The van der Waals surface area contributed by atoms with Gasteiger partial charge in [0.1, 0.15) is 23.2 Å². The van der Waals surface area contributed by atoms with Crippen LogP contribution in [0.4, 0.5) is 0 Å². The van der Waals surface area contributed by atoms with Crippen LogP contribution < -0.4 is 10.3 Å². The topological polar surface area (TPSA) is 82.8 Å². The van der Waals surface area contributed by atoms with Crippen LogP contribution in [0.25, 0.3) is 17.1 Å². The molecule has 0 radical (unpaired) electrons. The van der Waals surface area contributed by atoms with Crippen LogP contribution in [0.3, 0.4) is 0 Å². The summed E-state index contributed by atoms with van der Waals surface area (Å²) in [4.78, 5) is 31.1. The number of halogens is 1. The number of pyridine rings is 3. The van der Waals surface area contributed by atoms with E-state index in [1.54, 1.807) is 30.6 Å². The van der Waals surface area contributed by atoms with E-state index in [9.17, 15) is 4.79 Å². The van der Waals surface area contributed by atoms with Crippen LogP contribution in [-0.4, -0.2) is 24.5 Å². The molecule has 4 aromatic rings. The quantitative estimate of drug-likeness (QED) is 0.393. The van der Waals surface area contributed by atoms with Gasteiger partial charge in [-0.2, -0.15) is 0 Å². The summed E-state index contributed by atoms with van der Waals surface area (Å²) in [6.45, 7) is 10.1. The van der Waals surface area contributed by atoms with E-state index in [1.165, 1.54) is 4.57 Å². The highest BCUT2D eigenvalue weighted by Gasteiger charge is 2.19. The van der Waals surface area contributed by atoms with Crippen LogP contribution in [0, 0.1) is 13.8 Å². The average Bonchev–Trinajstić information content (AvgIpc) is 2.80. The zero-order chi connectivity index (χ0) is 24.5. The predicted octanol–water partition coefficient (Wildman–Crippen LogP) is 5.23. The van der Waals surface area contributed by atoms with E-state index >= 15 is 0 Å². The normalized spacial score (nSPS) is 11.5. The highest BCUT2D eigenvalue weighted by Crippen LogP contribution is 2.26. The average molecular weight is 476 g/mol.